The van der Waals surface area contributed by atoms with Crippen molar-refractivity contribution in [3.8, 4) is 5.75 Å². The van der Waals surface area contributed by atoms with E-state index in [0.717, 1.165) is 11.3 Å². The monoisotopic (exact) mass is 367 g/mol. The van der Waals surface area contributed by atoms with Gasteiger partial charge in [0.25, 0.3) is 0 Å². The van der Waals surface area contributed by atoms with E-state index in [4.69, 9.17) is 4.74 Å². The number of phenolic OH excluding ortho intramolecular Hbond substituents is 1. The number of aromatic nitrogens is 2. The van der Waals surface area contributed by atoms with Crippen LogP contribution in [-0.4, -0.2) is 33.7 Å². The van der Waals surface area contributed by atoms with Gasteiger partial charge in [0.05, 0.1) is 13.3 Å². The van der Waals surface area contributed by atoms with Gasteiger partial charge in [0, 0.05) is 17.7 Å². The van der Waals surface area contributed by atoms with Gasteiger partial charge in [-0.3, -0.25) is 4.79 Å². The topological polar surface area (TPSA) is 93.5 Å². The number of ketones is 1. The summed E-state index contributed by atoms with van der Waals surface area (Å²) in [4.78, 5) is 25.2. The third-order valence-electron chi connectivity index (χ3n) is 5.09. The van der Waals surface area contributed by atoms with Crippen LogP contribution in [0.25, 0.3) is 0 Å². The van der Waals surface area contributed by atoms with Crippen molar-refractivity contribution in [3.05, 3.63) is 52.9 Å². The van der Waals surface area contributed by atoms with Crippen molar-refractivity contribution in [2.75, 3.05) is 12.4 Å². The zero-order valence-corrected chi connectivity index (χ0v) is 15.4. The summed E-state index contributed by atoms with van der Waals surface area (Å²) in [6.45, 7) is 4.10. The van der Waals surface area contributed by atoms with Crippen molar-refractivity contribution in [2.24, 2.45) is 5.41 Å². The number of methoxy groups -OCH3 is 1. The average Bonchev–Trinajstić information content (AvgIpc) is 3.01. The van der Waals surface area contributed by atoms with E-state index in [1.807, 2.05) is 19.9 Å². The number of nitrogens with one attached hydrogen (secondary N) is 1. The molecule has 1 atom stereocenters. The molecule has 0 spiro atoms. The Balaban J connectivity index is 1.94. The zero-order chi connectivity index (χ0) is 19.3. The molecule has 0 saturated carbocycles. The van der Waals surface area contributed by atoms with E-state index in [0.29, 0.717) is 29.8 Å². The number of carbonyl (C=O) groups is 2. The summed E-state index contributed by atoms with van der Waals surface area (Å²) in [6, 6.07) is 6.27. The standard InChI is InChI=1S/C20H21N3O4/c1-20(2)8-14-16(15(25)9-20)17(11-5-4-6-12(24)7-11)23-18(22-14)13(10-21-23)19(26)27-3/h4-7,10,17,22,24H,8-9H2,1-3H3. The van der Waals surface area contributed by atoms with Crippen LogP contribution >= 0.6 is 0 Å². The fourth-order valence-electron chi connectivity index (χ4n) is 3.97. The second-order valence-electron chi connectivity index (χ2n) is 7.80. The Hall–Kier alpha value is -3.09. The summed E-state index contributed by atoms with van der Waals surface area (Å²) >= 11 is 0. The number of aromatic hydroxyl groups is 1. The van der Waals surface area contributed by atoms with E-state index in [2.05, 4.69) is 10.4 Å². The summed E-state index contributed by atoms with van der Waals surface area (Å²) in [5, 5.41) is 17.6. The Morgan fingerprint density at radius 1 is 1.37 bits per heavy atom. The number of benzene rings is 1. The van der Waals surface area contributed by atoms with Gasteiger partial charge in [-0.1, -0.05) is 26.0 Å². The number of phenols is 1. The quantitative estimate of drug-likeness (QED) is 0.793. The van der Waals surface area contributed by atoms with E-state index in [1.165, 1.54) is 13.3 Å². The molecular formula is C20H21N3O4. The van der Waals surface area contributed by atoms with Crippen LogP contribution < -0.4 is 5.32 Å². The first-order chi connectivity index (χ1) is 12.8. The van der Waals surface area contributed by atoms with Gasteiger partial charge in [-0.05, 0) is 29.5 Å². The minimum absolute atomic E-state index is 0.0443. The molecular weight excluding hydrogens is 346 g/mol. The second kappa shape index (κ2) is 5.97. The van der Waals surface area contributed by atoms with Crippen LogP contribution in [0.3, 0.4) is 0 Å². The number of nitrogens with zero attached hydrogens (tertiary/aromatic N) is 2. The van der Waals surface area contributed by atoms with Gasteiger partial charge in [-0.2, -0.15) is 5.10 Å². The molecule has 27 heavy (non-hydrogen) atoms. The molecule has 2 heterocycles. The van der Waals surface area contributed by atoms with Crippen LogP contribution in [0, 0.1) is 5.41 Å². The average molecular weight is 367 g/mol. The lowest BCUT2D eigenvalue weighted by Gasteiger charge is -2.39. The largest absolute Gasteiger partial charge is 0.508 e. The Labute approximate surface area is 156 Å². The van der Waals surface area contributed by atoms with Crippen LogP contribution in [0.15, 0.2) is 41.7 Å². The van der Waals surface area contributed by atoms with Crippen LogP contribution in [0.2, 0.25) is 0 Å². The van der Waals surface area contributed by atoms with E-state index < -0.39 is 12.0 Å². The maximum absolute atomic E-state index is 13.0. The molecule has 1 unspecified atom stereocenters. The molecule has 0 bridgehead atoms. The zero-order valence-electron chi connectivity index (χ0n) is 15.4. The van der Waals surface area contributed by atoms with Crippen molar-refractivity contribution >= 4 is 17.6 Å². The highest BCUT2D eigenvalue weighted by Crippen LogP contribution is 2.46. The smallest absolute Gasteiger partial charge is 0.343 e. The predicted molar refractivity (Wildman–Crippen MR) is 98.5 cm³/mol. The first kappa shape index (κ1) is 17.3. The molecule has 140 valence electrons. The Bertz CT molecular complexity index is 987. The molecule has 2 N–H and O–H groups in total. The van der Waals surface area contributed by atoms with Crippen LogP contribution in [0.4, 0.5) is 5.82 Å². The minimum Gasteiger partial charge on any atom is -0.508 e. The van der Waals surface area contributed by atoms with Crippen molar-refractivity contribution in [2.45, 2.75) is 32.7 Å². The molecule has 2 aliphatic rings. The molecule has 7 heteroatoms. The first-order valence-corrected chi connectivity index (χ1v) is 8.79. The molecule has 1 aliphatic heterocycles. The molecule has 1 aliphatic carbocycles. The third-order valence-corrected chi connectivity index (χ3v) is 5.09. The SMILES string of the molecule is COC(=O)c1cnn2c1NC1=C(C(=O)CC(C)(C)C1)C2c1cccc(O)c1. The maximum atomic E-state index is 13.0. The van der Waals surface area contributed by atoms with Crippen LogP contribution in [0.5, 0.6) is 5.75 Å². The number of hydrogen-bond acceptors (Lipinski definition) is 6. The summed E-state index contributed by atoms with van der Waals surface area (Å²) in [7, 11) is 1.32. The number of carbonyl (C=O) groups excluding carboxylic acids is 2. The minimum atomic E-state index is -0.509. The highest BCUT2D eigenvalue weighted by molar-refractivity contribution is 6.01. The molecule has 7 nitrogen and oxygen atoms in total. The molecule has 4 rings (SSSR count). The fourth-order valence-corrected chi connectivity index (χ4v) is 3.97. The summed E-state index contributed by atoms with van der Waals surface area (Å²) < 4.78 is 6.48. The lowest BCUT2D eigenvalue weighted by Crippen LogP contribution is -2.36. The van der Waals surface area contributed by atoms with Crippen LogP contribution in [0.1, 0.15) is 48.7 Å². The number of hydrogen-bond donors (Lipinski definition) is 2. The van der Waals surface area contributed by atoms with Gasteiger partial charge >= 0.3 is 5.97 Å². The fraction of sp³-hybridized carbons (Fsp3) is 0.350. The van der Waals surface area contributed by atoms with E-state index in [-0.39, 0.29) is 16.9 Å². The number of anilines is 1. The lowest BCUT2D eigenvalue weighted by molar-refractivity contribution is -0.118. The molecule has 0 saturated heterocycles. The van der Waals surface area contributed by atoms with Crippen molar-refractivity contribution in [3.63, 3.8) is 0 Å². The van der Waals surface area contributed by atoms with Crippen molar-refractivity contribution < 1.29 is 19.4 Å². The van der Waals surface area contributed by atoms with Crippen molar-refractivity contribution in [1.82, 2.24) is 9.78 Å². The molecule has 0 radical (unpaired) electrons. The maximum Gasteiger partial charge on any atom is 0.343 e. The lowest BCUT2D eigenvalue weighted by atomic mass is 9.73. The van der Waals surface area contributed by atoms with Gasteiger partial charge in [0.15, 0.2) is 5.78 Å². The molecule has 1 aromatic heterocycles. The number of esters is 1. The summed E-state index contributed by atoms with van der Waals surface area (Å²) in [5.41, 5.74) is 2.29. The van der Waals surface area contributed by atoms with Gasteiger partial charge in [0.1, 0.15) is 23.2 Å². The van der Waals surface area contributed by atoms with E-state index in [9.17, 15) is 14.7 Å². The Morgan fingerprint density at radius 2 is 2.15 bits per heavy atom. The molecule has 2 aromatic rings. The van der Waals surface area contributed by atoms with E-state index in [1.54, 1.807) is 22.9 Å². The number of rotatable bonds is 2. The van der Waals surface area contributed by atoms with Gasteiger partial charge in [-0.25, -0.2) is 9.48 Å². The Kier molecular flexibility index (Phi) is 3.83. The number of Topliss-reactive ketones (excluding diaryl/α,β-unsaturated/α-hetero) is 1. The first-order valence-electron chi connectivity index (χ1n) is 8.79. The highest BCUT2D eigenvalue weighted by atomic mass is 16.5. The van der Waals surface area contributed by atoms with Gasteiger partial charge in [0.2, 0.25) is 0 Å². The highest BCUT2D eigenvalue weighted by Gasteiger charge is 2.42. The second-order valence-corrected chi connectivity index (χ2v) is 7.80. The molecule has 0 fully saturated rings. The van der Waals surface area contributed by atoms with E-state index >= 15 is 0 Å². The van der Waals surface area contributed by atoms with Crippen LogP contribution in [-0.2, 0) is 9.53 Å². The number of allylic oxidation sites excluding steroid dienone is 2. The Morgan fingerprint density at radius 3 is 2.85 bits per heavy atom. The third kappa shape index (κ3) is 2.79. The summed E-state index contributed by atoms with van der Waals surface area (Å²) in [5.74, 6) is 0.157. The normalized spacial score (nSPS) is 20.6. The number of ether oxygens (including phenoxy) is 1. The molecule has 1 aromatic carbocycles. The molecule has 0 amide bonds. The number of fused-ring (bicyclic) bond motifs is 1. The summed E-state index contributed by atoms with van der Waals surface area (Å²) in [6.07, 6.45) is 2.55. The predicted octanol–water partition coefficient (Wildman–Crippen LogP) is 3.03. The van der Waals surface area contributed by atoms with Gasteiger partial charge in [-0.15, -0.1) is 0 Å². The van der Waals surface area contributed by atoms with Crippen molar-refractivity contribution in [1.29, 1.82) is 0 Å². The van der Waals surface area contributed by atoms with Gasteiger partial charge < -0.3 is 15.2 Å².